The highest BCUT2D eigenvalue weighted by atomic mass is 16.5. The summed E-state index contributed by atoms with van der Waals surface area (Å²) in [5.74, 6) is -0.806. The minimum atomic E-state index is -1.13. The van der Waals surface area contributed by atoms with Crippen molar-refractivity contribution in [1.29, 1.82) is 0 Å². The molecule has 0 spiro atoms. The number of ketones is 1. The average molecular weight is 556 g/mol. The zero-order valence-electron chi connectivity index (χ0n) is 23.1. The van der Waals surface area contributed by atoms with E-state index in [0.717, 1.165) is 32.1 Å². The number of Topliss-reactive ketones (excluding diaryl/α,β-unsaturated/α-hetero) is 1. The monoisotopic (exact) mass is 555 g/mol. The molecular formula is C31H33N5O5. The number of nitrogens with one attached hydrogen (secondary N) is 1. The first-order valence-electron chi connectivity index (χ1n) is 13.7. The predicted octanol–water partition coefficient (Wildman–Crippen LogP) is 4.57. The molecule has 1 aliphatic carbocycles. The summed E-state index contributed by atoms with van der Waals surface area (Å²) < 4.78 is 6.72. The van der Waals surface area contributed by atoms with Gasteiger partial charge in [-0.25, -0.2) is 4.68 Å². The van der Waals surface area contributed by atoms with E-state index in [9.17, 15) is 19.5 Å². The number of para-hydroxylation sites is 1. The predicted molar refractivity (Wildman–Crippen MR) is 154 cm³/mol. The zero-order valence-corrected chi connectivity index (χ0v) is 23.1. The topological polar surface area (TPSA) is 127 Å². The Morgan fingerprint density at radius 1 is 1.05 bits per heavy atom. The number of phenols is 1. The summed E-state index contributed by atoms with van der Waals surface area (Å²) in [4.78, 5) is 41.7. The minimum Gasteiger partial charge on any atom is -0.504 e. The van der Waals surface area contributed by atoms with Crippen molar-refractivity contribution in [1.82, 2.24) is 20.3 Å². The van der Waals surface area contributed by atoms with Gasteiger partial charge in [-0.3, -0.25) is 19.3 Å². The molecule has 10 nitrogen and oxygen atoms in total. The average Bonchev–Trinajstić information content (AvgIpc) is 3.38. The van der Waals surface area contributed by atoms with E-state index < -0.39 is 11.9 Å². The molecule has 1 aliphatic rings. The number of carbonyl (C=O) groups is 3. The molecule has 41 heavy (non-hydrogen) atoms. The Morgan fingerprint density at radius 2 is 1.78 bits per heavy atom. The summed E-state index contributed by atoms with van der Waals surface area (Å²) in [6.45, 7) is 1.28. The Bertz CT molecular complexity index is 1560. The Balaban J connectivity index is 1.60. The van der Waals surface area contributed by atoms with E-state index in [1.54, 1.807) is 36.4 Å². The molecule has 212 valence electrons. The number of hydrogen-bond donors (Lipinski definition) is 2. The Morgan fingerprint density at radius 3 is 2.46 bits per heavy atom. The number of phenolic OH excluding ortho intramolecular Hbond substituents is 1. The number of hydrogen-bond acceptors (Lipinski definition) is 7. The van der Waals surface area contributed by atoms with Crippen LogP contribution in [-0.2, 0) is 16.1 Å². The maximum absolute atomic E-state index is 14.2. The highest BCUT2D eigenvalue weighted by Gasteiger charge is 2.35. The summed E-state index contributed by atoms with van der Waals surface area (Å²) in [5, 5.41) is 22.1. The van der Waals surface area contributed by atoms with Crippen molar-refractivity contribution < 1.29 is 24.2 Å². The molecule has 0 bridgehead atoms. The molecule has 2 N–H and O–H groups in total. The lowest BCUT2D eigenvalue weighted by atomic mass is 9.94. The van der Waals surface area contributed by atoms with Crippen molar-refractivity contribution in [3.8, 4) is 11.5 Å². The van der Waals surface area contributed by atoms with Crippen LogP contribution in [0.5, 0.6) is 11.5 Å². The van der Waals surface area contributed by atoms with Crippen molar-refractivity contribution in [3.63, 3.8) is 0 Å². The second-order valence-electron chi connectivity index (χ2n) is 10.3. The van der Waals surface area contributed by atoms with E-state index in [-0.39, 0.29) is 35.8 Å². The Hall–Kier alpha value is -4.73. The molecule has 4 aromatic rings. The largest absolute Gasteiger partial charge is 0.504 e. The van der Waals surface area contributed by atoms with Crippen LogP contribution in [0.15, 0.2) is 66.7 Å². The lowest BCUT2D eigenvalue weighted by molar-refractivity contribution is -0.127. The van der Waals surface area contributed by atoms with Gasteiger partial charge in [-0.15, -0.1) is 5.10 Å². The van der Waals surface area contributed by atoms with Crippen molar-refractivity contribution in [2.45, 2.75) is 57.7 Å². The standard InChI is InChI=1S/C31H33N5O5/c1-20(37)21-12-15-24(16-13-21)36(29(39)19-35-26-11-7-6-10-25(26)33-34-35)30(22-14-17-28(41-2)27(38)18-22)31(40)32-23-8-4-3-5-9-23/h6-7,10-18,23,30,38H,3-5,8-9,19H2,1-2H3,(H,32,40)/t30-/m0/s1. The first-order valence-corrected chi connectivity index (χ1v) is 13.7. The highest BCUT2D eigenvalue weighted by Crippen LogP contribution is 2.35. The fourth-order valence-electron chi connectivity index (χ4n) is 5.35. The number of benzene rings is 3. The molecule has 0 radical (unpaired) electrons. The maximum atomic E-state index is 14.2. The third-order valence-corrected chi connectivity index (χ3v) is 7.50. The third kappa shape index (κ3) is 6.06. The Labute approximate surface area is 237 Å². The normalized spacial score (nSPS) is 14.4. The second kappa shape index (κ2) is 12.2. The van der Waals surface area contributed by atoms with Crippen molar-refractivity contribution in [3.05, 3.63) is 77.9 Å². The van der Waals surface area contributed by atoms with Crippen molar-refractivity contribution in [2.24, 2.45) is 0 Å². The van der Waals surface area contributed by atoms with Gasteiger partial charge < -0.3 is 15.2 Å². The highest BCUT2D eigenvalue weighted by molar-refractivity contribution is 6.02. The van der Waals surface area contributed by atoms with Gasteiger partial charge in [-0.05, 0) is 73.9 Å². The zero-order chi connectivity index (χ0) is 28.9. The van der Waals surface area contributed by atoms with Gasteiger partial charge in [0.25, 0.3) is 0 Å². The third-order valence-electron chi connectivity index (χ3n) is 7.50. The summed E-state index contributed by atoms with van der Waals surface area (Å²) in [6, 6.07) is 17.4. The van der Waals surface area contributed by atoms with Crippen LogP contribution in [0.25, 0.3) is 11.0 Å². The maximum Gasteiger partial charge on any atom is 0.249 e. The van der Waals surface area contributed by atoms with E-state index in [1.807, 2.05) is 24.3 Å². The number of aromatic nitrogens is 3. The van der Waals surface area contributed by atoms with Gasteiger partial charge in [-0.1, -0.05) is 42.7 Å². The number of anilines is 1. The summed E-state index contributed by atoms with van der Waals surface area (Å²) in [7, 11) is 1.44. The lowest BCUT2D eigenvalue weighted by Gasteiger charge is -2.33. The number of aromatic hydroxyl groups is 1. The molecule has 5 rings (SSSR count). The molecule has 1 heterocycles. The molecule has 10 heteroatoms. The van der Waals surface area contributed by atoms with Gasteiger partial charge in [-0.2, -0.15) is 0 Å². The van der Waals surface area contributed by atoms with E-state index in [0.29, 0.717) is 27.8 Å². The number of carbonyl (C=O) groups excluding carboxylic acids is 3. The van der Waals surface area contributed by atoms with Crippen LogP contribution in [0, 0.1) is 0 Å². The first-order chi connectivity index (χ1) is 19.9. The van der Waals surface area contributed by atoms with Crippen LogP contribution in [0.4, 0.5) is 5.69 Å². The number of nitrogens with zero attached hydrogens (tertiary/aromatic N) is 4. The van der Waals surface area contributed by atoms with Gasteiger partial charge in [0.2, 0.25) is 11.8 Å². The summed E-state index contributed by atoms with van der Waals surface area (Å²) >= 11 is 0. The van der Waals surface area contributed by atoms with Gasteiger partial charge in [0.1, 0.15) is 18.1 Å². The number of amides is 2. The molecule has 0 aliphatic heterocycles. The molecule has 0 unspecified atom stereocenters. The molecular weight excluding hydrogens is 522 g/mol. The van der Waals surface area contributed by atoms with E-state index in [2.05, 4.69) is 15.6 Å². The number of methoxy groups -OCH3 is 1. The summed E-state index contributed by atoms with van der Waals surface area (Å²) in [5.41, 5.74) is 2.63. The number of ether oxygens (including phenoxy) is 1. The van der Waals surface area contributed by atoms with Gasteiger partial charge >= 0.3 is 0 Å². The second-order valence-corrected chi connectivity index (χ2v) is 10.3. The molecule has 1 saturated carbocycles. The van der Waals surface area contributed by atoms with E-state index in [1.165, 1.54) is 29.7 Å². The van der Waals surface area contributed by atoms with Crippen molar-refractivity contribution in [2.75, 3.05) is 12.0 Å². The fourth-order valence-corrected chi connectivity index (χ4v) is 5.35. The quantitative estimate of drug-likeness (QED) is 0.290. The van der Waals surface area contributed by atoms with E-state index >= 15 is 0 Å². The molecule has 0 saturated heterocycles. The smallest absolute Gasteiger partial charge is 0.249 e. The molecule has 3 aromatic carbocycles. The van der Waals surface area contributed by atoms with Crippen LogP contribution < -0.4 is 15.0 Å². The lowest BCUT2D eigenvalue weighted by Crippen LogP contribution is -2.48. The summed E-state index contributed by atoms with van der Waals surface area (Å²) in [6.07, 6.45) is 4.89. The van der Waals surface area contributed by atoms with Crippen LogP contribution in [0.2, 0.25) is 0 Å². The van der Waals surface area contributed by atoms with Crippen LogP contribution in [0.1, 0.15) is 61.0 Å². The van der Waals surface area contributed by atoms with Gasteiger partial charge in [0, 0.05) is 17.3 Å². The molecule has 1 fully saturated rings. The SMILES string of the molecule is COc1ccc([C@@H](C(=O)NC2CCCCC2)N(C(=O)Cn2nnc3ccccc32)c2ccc(C(C)=O)cc2)cc1O. The van der Waals surface area contributed by atoms with E-state index in [4.69, 9.17) is 4.74 Å². The number of rotatable bonds is 9. The fraction of sp³-hybridized carbons (Fsp3) is 0.323. The van der Waals surface area contributed by atoms with Gasteiger partial charge in [0.05, 0.1) is 12.6 Å². The Kier molecular flexibility index (Phi) is 8.28. The van der Waals surface area contributed by atoms with Gasteiger partial charge in [0.15, 0.2) is 17.3 Å². The van der Waals surface area contributed by atoms with Crippen LogP contribution >= 0.6 is 0 Å². The first kappa shape index (κ1) is 27.8. The van der Waals surface area contributed by atoms with Crippen LogP contribution in [-0.4, -0.2) is 50.8 Å². The molecule has 2 amide bonds. The molecule has 1 atom stereocenters. The van der Waals surface area contributed by atoms with Crippen molar-refractivity contribution >= 4 is 34.3 Å². The minimum absolute atomic E-state index is 0.0121. The number of fused-ring (bicyclic) bond motifs is 1. The van der Waals surface area contributed by atoms with Crippen LogP contribution in [0.3, 0.4) is 0 Å². The molecule has 1 aromatic heterocycles.